The highest BCUT2D eigenvalue weighted by Crippen LogP contribution is 2.42. The van der Waals surface area contributed by atoms with E-state index in [1.165, 1.54) is 0 Å². The number of hydrogen-bond donors (Lipinski definition) is 1. The third-order valence-corrected chi connectivity index (χ3v) is 17.0. The summed E-state index contributed by atoms with van der Waals surface area (Å²) in [6.45, 7) is 22.9. The normalized spacial score (nSPS) is 21.9. The summed E-state index contributed by atoms with van der Waals surface area (Å²) in [5, 5.41) is 0.154. The van der Waals surface area contributed by atoms with Crippen LogP contribution in [0.4, 0.5) is 5.95 Å². The first kappa shape index (κ1) is 29.7. The van der Waals surface area contributed by atoms with Crippen molar-refractivity contribution in [1.29, 1.82) is 0 Å². The molecule has 208 valence electrons. The summed E-state index contributed by atoms with van der Waals surface area (Å²) in [6.07, 6.45) is 3.08. The van der Waals surface area contributed by atoms with Gasteiger partial charge in [-0.3, -0.25) is 14.3 Å². The van der Waals surface area contributed by atoms with Gasteiger partial charge in [0.15, 0.2) is 27.8 Å². The van der Waals surface area contributed by atoms with Gasteiger partial charge in [-0.1, -0.05) is 41.5 Å². The van der Waals surface area contributed by atoms with Crippen molar-refractivity contribution < 1.29 is 13.6 Å². The van der Waals surface area contributed by atoms with Gasteiger partial charge in [-0.25, -0.2) is 9.98 Å². The van der Waals surface area contributed by atoms with Gasteiger partial charge >= 0.3 is 0 Å². The molecule has 0 unspecified atom stereocenters. The lowest BCUT2D eigenvalue weighted by molar-refractivity contribution is -0.0383. The van der Waals surface area contributed by atoms with Gasteiger partial charge in [-0.2, -0.15) is 4.98 Å². The predicted molar refractivity (Wildman–Crippen MR) is 154 cm³/mol. The summed E-state index contributed by atoms with van der Waals surface area (Å²) in [5.41, 5.74) is 0.367. The van der Waals surface area contributed by atoms with Gasteiger partial charge in [0.2, 0.25) is 5.95 Å². The first-order chi connectivity index (χ1) is 16.8. The Morgan fingerprint density at radius 3 is 2.35 bits per heavy atom. The molecule has 0 bridgehead atoms. The Bertz CT molecular complexity index is 1180. The molecular weight excluding hydrogens is 504 g/mol. The van der Waals surface area contributed by atoms with E-state index in [2.05, 4.69) is 87.7 Å². The van der Waals surface area contributed by atoms with Crippen molar-refractivity contribution in [2.24, 2.45) is 4.99 Å². The Morgan fingerprint density at radius 1 is 1.16 bits per heavy atom. The molecule has 1 aliphatic heterocycles. The number of nitrogens with zero attached hydrogens (tertiary/aromatic N) is 5. The van der Waals surface area contributed by atoms with E-state index in [0.717, 1.165) is 0 Å². The Balaban J connectivity index is 1.95. The minimum atomic E-state index is -2.07. The lowest BCUT2D eigenvalue weighted by atomic mass is 10.2. The number of aromatic nitrogens is 4. The van der Waals surface area contributed by atoms with Gasteiger partial charge in [0.1, 0.15) is 12.3 Å². The molecule has 1 N–H and O–H groups in total. The van der Waals surface area contributed by atoms with Crippen LogP contribution >= 0.6 is 0 Å². The smallest absolute Gasteiger partial charge is 0.280 e. The summed E-state index contributed by atoms with van der Waals surface area (Å²) in [6, 6.07) is 0. The van der Waals surface area contributed by atoms with E-state index in [9.17, 15) is 4.79 Å². The number of fused-ring (bicyclic) bond motifs is 1. The molecule has 1 aliphatic rings. The van der Waals surface area contributed by atoms with Crippen LogP contribution < -0.4 is 5.56 Å². The van der Waals surface area contributed by atoms with Crippen molar-refractivity contribution in [3.8, 4) is 0 Å². The summed E-state index contributed by atoms with van der Waals surface area (Å²) >= 11 is 0. The van der Waals surface area contributed by atoms with Gasteiger partial charge in [-0.05, 0) is 36.3 Å². The average molecular weight is 551 g/mol. The third kappa shape index (κ3) is 6.59. The van der Waals surface area contributed by atoms with Gasteiger partial charge in [0, 0.05) is 20.5 Å². The number of nitrogens with one attached hydrogen (secondary N) is 1. The fraction of sp³-hybridized carbons (Fsp3) is 0.760. The van der Waals surface area contributed by atoms with Crippen LogP contribution in [0.3, 0.4) is 0 Å². The maximum absolute atomic E-state index is 12.7. The monoisotopic (exact) mass is 550 g/mol. The molecule has 10 nitrogen and oxygen atoms in total. The molecule has 3 atom stereocenters. The Hall–Kier alpha value is -1.87. The number of imidazole rings is 1. The maximum atomic E-state index is 12.7. The number of aromatic amines is 1. The average Bonchev–Trinajstić information content (AvgIpc) is 3.33. The molecule has 37 heavy (non-hydrogen) atoms. The SMILES string of the molecule is CN(C)C=Nc1nc2c(ncn2[C@H]2C[C@H](O[Si](C)(C)C(C)(C)C)[C@@H](CO[Si](C)(C)C(C)(C)C)O2)c(=O)[nH]1. The molecule has 2 aromatic rings. The predicted octanol–water partition coefficient (Wildman–Crippen LogP) is 5.04. The molecule has 1 fully saturated rings. The molecule has 0 amide bonds. The van der Waals surface area contributed by atoms with Gasteiger partial charge < -0.3 is 18.5 Å². The molecule has 0 aliphatic carbocycles. The van der Waals surface area contributed by atoms with Crippen molar-refractivity contribution in [3.63, 3.8) is 0 Å². The van der Waals surface area contributed by atoms with Crippen molar-refractivity contribution >= 4 is 40.1 Å². The fourth-order valence-corrected chi connectivity index (χ4v) is 5.94. The third-order valence-electron chi connectivity index (χ3n) is 7.99. The summed E-state index contributed by atoms with van der Waals surface area (Å²) in [5.74, 6) is 0.220. The molecule has 0 saturated carbocycles. The molecule has 0 spiro atoms. The van der Waals surface area contributed by atoms with Crippen LogP contribution in [0, 0.1) is 0 Å². The molecule has 1 saturated heterocycles. The first-order valence-electron chi connectivity index (χ1n) is 13.0. The van der Waals surface area contributed by atoms with Crippen LogP contribution in [-0.4, -0.2) is 80.3 Å². The summed E-state index contributed by atoms with van der Waals surface area (Å²) in [4.78, 5) is 30.3. The van der Waals surface area contributed by atoms with E-state index < -0.39 is 16.6 Å². The number of hydrogen-bond acceptors (Lipinski definition) is 7. The van der Waals surface area contributed by atoms with Crippen molar-refractivity contribution in [2.45, 2.75) is 103 Å². The van der Waals surface area contributed by atoms with Crippen LogP contribution in [0.1, 0.15) is 54.2 Å². The zero-order chi connectivity index (χ0) is 28.0. The molecule has 3 heterocycles. The van der Waals surface area contributed by atoms with Crippen LogP contribution in [0.15, 0.2) is 16.1 Å². The topological polar surface area (TPSA) is 107 Å². The Kier molecular flexibility index (Phi) is 8.31. The van der Waals surface area contributed by atoms with E-state index in [1.54, 1.807) is 17.6 Å². The van der Waals surface area contributed by atoms with E-state index in [-0.39, 0.29) is 45.5 Å². The highest BCUT2D eigenvalue weighted by Gasteiger charge is 2.46. The zero-order valence-corrected chi connectivity index (χ0v) is 26.7. The lowest BCUT2D eigenvalue weighted by Gasteiger charge is -2.40. The highest BCUT2D eigenvalue weighted by atomic mass is 28.4. The minimum Gasteiger partial charge on any atom is -0.414 e. The standard InChI is InChI=1S/C25H46N6O4Si2/c1-24(2,3)36(9,10)33-14-18-17(35-37(11,12)25(4,5)6)13-19(34-18)31-16-26-20-21(31)28-23(29-22(20)32)27-15-30(7)8/h15-19H,13-14H2,1-12H3,(H,28,29,32)/t17-,18+,19+/m0/s1. The van der Waals surface area contributed by atoms with Gasteiger partial charge in [0.05, 0.1) is 25.4 Å². The summed E-state index contributed by atoms with van der Waals surface area (Å²) in [7, 11) is -0.353. The van der Waals surface area contributed by atoms with Crippen LogP contribution in [0.25, 0.3) is 11.2 Å². The molecule has 3 rings (SSSR count). The maximum Gasteiger partial charge on any atom is 0.280 e. The second-order valence-electron chi connectivity index (χ2n) is 13.3. The number of ether oxygens (including phenoxy) is 1. The van der Waals surface area contributed by atoms with E-state index in [1.807, 2.05) is 18.7 Å². The molecule has 0 aromatic carbocycles. The van der Waals surface area contributed by atoms with Crippen LogP contribution in [-0.2, 0) is 13.6 Å². The molecule has 2 aromatic heterocycles. The first-order valence-corrected chi connectivity index (χ1v) is 18.8. The Morgan fingerprint density at radius 2 is 1.78 bits per heavy atom. The quantitative estimate of drug-likeness (QED) is 0.279. The molecule has 12 heteroatoms. The van der Waals surface area contributed by atoms with E-state index in [4.69, 9.17) is 13.6 Å². The van der Waals surface area contributed by atoms with Crippen LogP contribution in [0.2, 0.25) is 36.3 Å². The van der Waals surface area contributed by atoms with Gasteiger partial charge in [0.25, 0.3) is 5.56 Å². The van der Waals surface area contributed by atoms with Crippen molar-refractivity contribution in [1.82, 2.24) is 24.4 Å². The number of H-pyrrole nitrogens is 1. The van der Waals surface area contributed by atoms with Gasteiger partial charge in [-0.15, -0.1) is 0 Å². The fourth-order valence-electron chi connectivity index (χ4n) is 3.56. The second-order valence-corrected chi connectivity index (χ2v) is 22.8. The zero-order valence-electron chi connectivity index (χ0n) is 24.7. The second kappa shape index (κ2) is 10.4. The Labute approximate surface area is 223 Å². The number of rotatable bonds is 8. The lowest BCUT2D eigenvalue weighted by Crippen LogP contribution is -2.48. The molecular formula is C25H46N6O4Si2. The largest absolute Gasteiger partial charge is 0.414 e. The van der Waals surface area contributed by atoms with Crippen molar-refractivity contribution in [2.75, 3.05) is 20.7 Å². The highest BCUT2D eigenvalue weighted by molar-refractivity contribution is 6.74. The van der Waals surface area contributed by atoms with E-state index in [0.29, 0.717) is 18.7 Å². The summed E-state index contributed by atoms with van der Waals surface area (Å²) < 4.78 is 21.9. The van der Waals surface area contributed by atoms with Crippen molar-refractivity contribution in [3.05, 3.63) is 16.7 Å². The number of aliphatic imine (C=N–C) groups is 1. The van der Waals surface area contributed by atoms with E-state index >= 15 is 0 Å². The molecule has 0 radical (unpaired) electrons. The minimum absolute atomic E-state index is 0.0613. The van der Waals surface area contributed by atoms with Crippen LogP contribution in [0.5, 0.6) is 0 Å².